The first-order valence-electron chi connectivity index (χ1n) is 14.0. The van der Waals surface area contributed by atoms with Crippen molar-refractivity contribution in [2.24, 2.45) is 17.6 Å². The number of nitrogens with one attached hydrogen (secondary N) is 1. The van der Waals surface area contributed by atoms with Gasteiger partial charge < -0.3 is 40.5 Å². The Bertz CT molecular complexity index is 1690. The molecule has 45 heavy (non-hydrogen) atoms. The molecule has 5 rings (SSSR count). The van der Waals surface area contributed by atoms with Crippen LogP contribution in [0.2, 0.25) is 0 Å². The Morgan fingerprint density at radius 3 is 2.22 bits per heavy atom. The molecule has 3 aliphatic carbocycles. The highest BCUT2D eigenvalue weighted by atomic mass is 16.6. The molecule has 0 fully saturated rings. The number of phenols is 1. The average Bonchev–Trinajstić information content (AvgIpc) is 2.96. The summed E-state index contributed by atoms with van der Waals surface area (Å²) in [7, 11) is 8.01. The summed E-state index contributed by atoms with van der Waals surface area (Å²) in [5, 5.41) is 48.0. The van der Waals surface area contributed by atoms with Gasteiger partial charge in [-0.05, 0) is 68.8 Å². The standard InChI is InChI=1S/C31H34N4O10/c1-34(2)19-12-18(33-30(42)45-15-8-6-14(44-5)7-9-15)24(36)21-16(19)10-13-11-17-23(35(3)4)26(38)22(29(32)41)28(40)31(17,43)27(39)20(13)25(21)37/h6-9,12-13,17,23,36,38-39,43H,10-11H2,1-5H3,(H2,32,41)(H,33,42). The molecule has 14 nitrogen and oxygen atoms in total. The maximum atomic E-state index is 14.1. The molecule has 0 aromatic heterocycles. The quantitative estimate of drug-likeness (QED) is 0.201. The molecule has 3 aliphatic rings. The van der Waals surface area contributed by atoms with Crippen molar-refractivity contribution in [3.05, 3.63) is 64.1 Å². The van der Waals surface area contributed by atoms with Crippen LogP contribution in [-0.4, -0.2) is 95.8 Å². The largest absolute Gasteiger partial charge is 0.510 e. The number of anilines is 2. The molecule has 0 aliphatic heterocycles. The number of fused-ring (bicyclic) bond motifs is 3. The molecule has 0 saturated heterocycles. The summed E-state index contributed by atoms with van der Waals surface area (Å²) in [6.07, 6.45) is -0.925. The monoisotopic (exact) mass is 622 g/mol. The summed E-state index contributed by atoms with van der Waals surface area (Å²) in [6, 6.07) is 6.56. The number of carbonyl (C=O) groups is 4. The lowest BCUT2D eigenvalue weighted by atomic mass is 9.58. The summed E-state index contributed by atoms with van der Waals surface area (Å²) in [6.45, 7) is 0. The molecule has 0 radical (unpaired) electrons. The fourth-order valence-electron chi connectivity index (χ4n) is 6.68. The molecular weight excluding hydrogens is 588 g/mol. The van der Waals surface area contributed by atoms with E-state index in [0.717, 1.165) is 0 Å². The summed E-state index contributed by atoms with van der Waals surface area (Å²) in [5.41, 5.74) is 1.89. The fraction of sp³-hybridized carbons (Fsp3) is 0.355. The average molecular weight is 623 g/mol. The number of amides is 2. The van der Waals surface area contributed by atoms with Crippen molar-refractivity contribution in [2.45, 2.75) is 24.5 Å². The van der Waals surface area contributed by atoms with Crippen LogP contribution < -0.4 is 25.4 Å². The zero-order chi connectivity index (χ0) is 33.1. The van der Waals surface area contributed by atoms with Crippen molar-refractivity contribution in [1.29, 1.82) is 0 Å². The van der Waals surface area contributed by atoms with Crippen LogP contribution in [0, 0.1) is 11.8 Å². The number of hydrogen-bond acceptors (Lipinski definition) is 12. The van der Waals surface area contributed by atoms with Crippen LogP contribution in [0.4, 0.5) is 16.2 Å². The Labute approximate surface area is 257 Å². The number of rotatable bonds is 6. The Hall–Kier alpha value is -5.08. The lowest BCUT2D eigenvalue weighted by molar-refractivity contribution is -0.148. The topological polar surface area (TPSA) is 212 Å². The zero-order valence-electron chi connectivity index (χ0n) is 25.2. The number of ether oxygens (including phenoxy) is 2. The fourth-order valence-corrected chi connectivity index (χ4v) is 6.68. The van der Waals surface area contributed by atoms with E-state index in [-0.39, 0.29) is 35.4 Å². The lowest BCUT2D eigenvalue weighted by Crippen LogP contribution is -2.63. The summed E-state index contributed by atoms with van der Waals surface area (Å²) in [5.74, 6) is -6.91. The van der Waals surface area contributed by atoms with Crippen molar-refractivity contribution in [3.63, 3.8) is 0 Å². The number of carbonyl (C=O) groups excluding carboxylic acids is 4. The number of Topliss-reactive ketones (excluding diaryl/α,β-unsaturated/α-hetero) is 2. The minimum absolute atomic E-state index is 0.0480. The highest BCUT2D eigenvalue weighted by molar-refractivity contribution is 6.25. The summed E-state index contributed by atoms with van der Waals surface area (Å²) < 4.78 is 10.4. The molecule has 14 heteroatoms. The van der Waals surface area contributed by atoms with Gasteiger partial charge in [-0.15, -0.1) is 0 Å². The van der Waals surface area contributed by atoms with Crippen LogP contribution >= 0.6 is 0 Å². The molecule has 7 N–H and O–H groups in total. The number of allylic oxidation sites excluding steroid dienone is 1. The van der Waals surface area contributed by atoms with Gasteiger partial charge in [0.15, 0.2) is 17.1 Å². The predicted molar refractivity (Wildman–Crippen MR) is 161 cm³/mol. The zero-order valence-corrected chi connectivity index (χ0v) is 25.2. The third kappa shape index (κ3) is 4.82. The highest BCUT2D eigenvalue weighted by Crippen LogP contribution is 2.54. The minimum Gasteiger partial charge on any atom is -0.510 e. The van der Waals surface area contributed by atoms with Crippen molar-refractivity contribution in [1.82, 2.24) is 4.90 Å². The van der Waals surface area contributed by atoms with E-state index >= 15 is 0 Å². The molecule has 2 aromatic carbocycles. The van der Waals surface area contributed by atoms with E-state index in [0.29, 0.717) is 17.0 Å². The van der Waals surface area contributed by atoms with E-state index in [1.54, 1.807) is 45.2 Å². The Morgan fingerprint density at radius 1 is 1.04 bits per heavy atom. The van der Waals surface area contributed by atoms with Gasteiger partial charge in [-0.25, -0.2) is 4.79 Å². The number of aromatic hydroxyl groups is 1. The van der Waals surface area contributed by atoms with Gasteiger partial charge in [0.05, 0.1) is 24.4 Å². The van der Waals surface area contributed by atoms with E-state index in [2.05, 4.69) is 5.32 Å². The Morgan fingerprint density at radius 2 is 1.67 bits per heavy atom. The van der Waals surface area contributed by atoms with E-state index in [1.165, 1.54) is 30.2 Å². The van der Waals surface area contributed by atoms with E-state index < -0.39 is 69.9 Å². The molecule has 2 aromatic rings. The molecule has 0 spiro atoms. The molecule has 0 bridgehead atoms. The van der Waals surface area contributed by atoms with Crippen LogP contribution in [0.3, 0.4) is 0 Å². The Balaban J connectivity index is 1.60. The Kier molecular flexibility index (Phi) is 7.75. The number of phenolic OH excluding ortho intramolecular Hbond substituents is 1. The van der Waals surface area contributed by atoms with Crippen LogP contribution in [0.15, 0.2) is 53.0 Å². The molecule has 2 amide bonds. The summed E-state index contributed by atoms with van der Waals surface area (Å²) in [4.78, 5) is 55.8. The SMILES string of the molecule is COc1ccc(OC(=O)Nc2cc(N(C)C)c3c(c2O)C(=O)C2=C(O)C4(O)C(=O)C(C(N)=O)=C(O)C(N(C)C)C4CC2C3)cc1. The number of likely N-dealkylation sites (N-methyl/N-ethyl adjacent to an activating group) is 1. The first-order chi connectivity index (χ1) is 21.1. The second kappa shape index (κ2) is 11.1. The maximum Gasteiger partial charge on any atom is 0.417 e. The molecule has 0 saturated carbocycles. The van der Waals surface area contributed by atoms with Gasteiger partial charge in [-0.2, -0.15) is 0 Å². The smallest absolute Gasteiger partial charge is 0.417 e. The van der Waals surface area contributed by atoms with Gasteiger partial charge in [0, 0.05) is 31.3 Å². The maximum absolute atomic E-state index is 14.1. The molecule has 0 heterocycles. The number of aliphatic hydroxyl groups is 3. The van der Waals surface area contributed by atoms with Crippen molar-refractivity contribution in [3.8, 4) is 17.2 Å². The van der Waals surface area contributed by atoms with E-state index in [1.807, 2.05) is 0 Å². The van der Waals surface area contributed by atoms with Gasteiger partial charge >= 0.3 is 6.09 Å². The third-order valence-electron chi connectivity index (χ3n) is 8.69. The van der Waals surface area contributed by atoms with E-state index in [4.69, 9.17) is 15.2 Å². The van der Waals surface area contributed by atoms with Gasteiger partial charge in [-0.1, -0.05) is 0 Å². The number of benzene rings is 2. The van der Waals surface area contributed by atoms with Crippen molar-refractivity contribution >= 4 is 34.9 Å². The van der Waals surface area contributed by atoms with Crippen molar-refractivity contribution in [2.75, 3.05) is 45.5 Å². The molecule has 4 atom stereocenters. The normalized spacial score (nSPS) is 24.1. The number of hydrogen-bond donors (Lipinski definition) is 6. The number of primary amides is 1. The first-order valence-corrected chi connectivity index (χ1v) is 14.0. The van der Waals surface area contributed by atoms with Gasteiger partial charge in [0.1, 0.15) is 28.6 Å². The highest BCUT2D eigenvalue weighted by Gasteiger charge is 2.63. The third-order valence-corrected chi connectivity index (χ3v) is 8.69. The number of aliphatic hydroxyl groups excluding tert-OH is 2. The van der Waals surface area contributed by atoms with Gasteiger partial charge in [0.2, 0.25) is 5.78 Å². The second-order valence-electron chi connectivity index (χ2n) is 11.7. The van der Waals surface area contributed by atoms with Crippen LogP contribution in [0.1, 0.15) is 22.3 Å². The van der Waals surface area contributed by atoms with E-state index in [9.17, 15) is 39.6 Å². The molecule has 4 unspecified atom stereocenters. The van der Waals surface area contributed by atoms with Gasteiger partial charge in [0.25, 0.3) is 5.91 Å². The van der Waals surface area contributed by atoms with Crippen LogP contribution in [0.5, 0.6) is 17.2 Å². The summed E-state index contributed by atoms with van der Waals surface area (Å²) >= 11 is 0. The molecular formula is C31H34N4O10. The number of nitrogens with zero attached hydrogens (tertiary/aromatic N) is 2. The first kappa shape index (κ1) is 31.3. The lowest BCUT2D eigenvalue weighted by Gasteiger charge is -2.50. The predicted octanol–water partition coefficient (Wildman–Crippen LogP) is 1.81. The minimum atomic E-state index is -2.76. The molecule has 238 valence electrons. The number of ketones is 2. The van der Waals surface area contributed by atoms with Crippen molar-refractivity contribution < 1.29 is 49.1 Å². The second-order valence-corrected chi connectivity index (χ2v) is 11.7. The van der Waals surface area contributed by atoms with Crippen LogP contribution in [-0.2, 0) is 16.0 Å². The van der Waals surface area contributed by atoms with Crippen LogP contribution in [0.25, 0.3) is 0 Å². The number of methoxy groups -OCH3 is 1. The number of nitrogens with two attached hydrogens (primary N) is 1. The van der Waals surface area contributed by atoms with Gasteiger partial charge in [-0.3, -0.25) is 24.6 Å².